The fourth-order valence-electron chi connectivity index (χ4n) is 2.24. The van der Waals surface area contributed by atoms with E-state index in [0.717, 1.165) is 12.8 Å². The Kier molecular flexibility index (Phi) is 3.83. The van der Waals surface area contributed by atoms with Crippen molar-refractivity contribution in [3.8, 4) is 0 Å². The van der Waals surface area contributed by atoms with Crippen LogP contribution < -0.4 is 5.73 Å². The van der Waals surface area contributed by atoms with Crippen LogP contribution in [0.25, 0.3) is 0 Å². The molecular weight excluding hydrogens is 270 g/mol. The first-order valence-electron chi connectivity index (χ1n) is 5.93. The van der Waals surface area contributed by atoms with E-state index < -0.39 is 14.9 Å². The molecule has 1 heterocycles. The molecule has 8 heteroatoms. The summed E-state index contributed by atoms with van der Waals surface area (Å²) in [6.45, 7) is 0.730. The van der Waals surface area contributed by atoms with Gasteiger partial charge in [-0.1, -0.05) is 0 Å². The maximum Gasteiger partial charge on any atom is 0.269 e. The molecule has 1 aromatic carbocycles. The summed E-state index contributed by atoms with van der Waals surface area (Å²) >= 11 is 0. The van der Waals surface area contributed by atoms with Crippen LogP contribution in [0.1, 0.15) is 12.8 Å². The molecule has 0 radical (unpaired) electrons. The summed E-state index contributed by atoms with van der Waals surface area (Å²) in [5.74, 6) is 0. The topological polar surface area (TPSA) is 107 Å². The molecule has 0 aliphatic carbocycles. The van der Waals surface area contributed by atoms with Crippen molar-refractivity contribution < 1.29 is 13.3 Å². The third-order valence-electron chi connectivity index (χ3n) is 3.25. The summed E-state index contributed by atoms with van der Waals surface area (Å²) in [6, 6.07) is 4.74. The quantitative estimate of drug-likeness (QED) is 0.647. The van der Waals surface area contributed by atoms with E-state index in [1.165, 1.54) is 28.6 Å². The second-order valence-corrected chi connectivity index (χ2v) is 6.29. The lowest BCUT2D eigenvalue weighted by atomic mass is 10.2. The molecule has 0 amide bonds. The van der Waals surface area contributed by atoms with E-state index in [1.807, 2.05) is 0 Å². The van der Waals surface area contributed by atoms with Gasteiger partial charge in [-0.2, -0.15) is 4.31 Å². The zero-order valence-corrected chi connectivity index (χ0v) is 11.0. The van der Waals surface area contributed by atoms with Crippen LogP contribution in [0.4, 0.5) is 5.69 Å². The molecule has 0 bridgehead atoms. The fraction of sp³-hybridized carbons (Fsp3) is 0.455. The highest BCUT2D eigenvalue weighted by Gasteiger charge is 2.34. The van der Waals surface area contributed by atoms with Gasteiger partial charge in [-0.05, 0) is 25.0 Å². The largest absolute Gasteiger partial charge is 0.329 e. The molecule has 7 nitrogen and oxygen atoms in total. The van der Waals surface area contributed by atoms with Crippen molar-refractivity contribution in [3.63, 3.8) is 0 Å². The Bertz CT molecular complexity index is 570. The Hall–Kier alpha value is -1.51. The molecule has 2 N–H and O–H groups in total. The standard InChI is InChI=1S/C11H15N3O4S/c12-8-10-2-1-7-13(10)19(17,18)11-5-3-9(4-6-11)14(15)16/h3-6,10H,1-2,7-8,12H2/t10-/m0/s1. The van der Waals surface area contributed by atoms with E-state index in [0.29, 0.717) is 6.54 Å². The first-order valence-corrected chi connectivity index (χ1v) is 7.37. The molecule has 19 heavy (non-hydrogen) atoms. The van der Waals surface area contributed by atoms with Gasteiger partial charge in [-0.25, -0.2) is 8.42 Å². The minimum absolute atomic E-state index is 0.0680. The Morgan fingerprint density at radius 2 is 2.00 bits per heavy atom. The zero-order chi connectivity index (χ0) is 14.0. The summed E-state index contributed by atoms with van der Waals surface area (Å²) in [5, 5.41) is 10.5. The van der Waals surface area contributed by atoms with Crippen molar-refractivity contribution in [2.24, 2.45) is 5.73 Å². The molecular formula is C11H15N3O4S. The van der Waals surface area contributed by atoms with Crippen LogP contribution in [-0.2, 0) is 10.0 Å². The predicted octanol–water partition coefficient (Wildman–Crippen LogP) is 0.707. The molecule has 1 atom stereocenters. The predicted molar refractivity (Wildman–Crippen MR) is 69.1 cm³/mol. The van der Waals surface area contributed by atoms with Crippen molar-refractivity contribution in [2.45, 2.75) is 23.8 Å². The number of nitro benzene ring substituents is 1. The van der Waals surface area contributed by atoms with Crippen LogP contribution in [-0.4, -0.2) is 36.8 Å². The smallest absolute Gasteiger partial charge is 0.269 e. The van der Waals surface area contributed by atoms with Crippen LogP contribution in [0.3, 0.4) is 0 Å². The molecule has 0 saturated carbocycles. The van der Waals surface area contributed by atoms with E-state index >= 15 is 0 Å². The molecule has 0 unspecified atom stereocenters. The Morgan fingerprint density at radius 1 is 1.37 bits per heavy atom. The Balaban J connectivity index is 2.31. The molecule has 1 aliphatic rings. The second-order valence-electron chi connectivity index (χ2n) is 4.40. The van der Waals surface area contributed by atoms with Crippen LogP contribution in [0.15, 0.2) is 29.2 Å². The monoisotopic (exact) mass is 285 g/mol. The second kappa shape index (κ2) is 5.24. The highest BCUT2D eigenvalue weighted by Crippen LogP contribution is 2.26. The summed E-state index contributed by atoms with van der Waals surface area (Å²) < 4.78 is 26.2. The normalized spacial score (nSPS) is 20.6. The fourth-order valence-corrected chi connectivity index (χ4v) is 3.94. The van der Waals surface area contributed by atoms with Crippen molar-refractivity contribution in [2.75, 3.05) is 13.1 Å². The molecule has 1 fully saturated rings. The van der Waals surface area contributed by atoms with Gasteiger partial charge in [0.2, 0.25) is 10.0 Å². The van der Waals surface area contributed by atoms with Gasteiger partial charge in [0, 0.05) is 31.3 Å². The first-order chi connectivity index (χ1) is 8.96. The number of nitrogens with zero attached hydrogens (tertiary/aromatic N) is 2. The van der Waals surface area contributed by atoms with Crippen molar-refractivity contribution >= 4 is 15.7 Å². The van der Waals surface area contributed by atoms with Crippen LogP contribution in [0, 0.1) is 10.1 Å². The summed E-state index contributed by atoms with van der Waals surface area (Å²) in [5.41, 5.74) is 5.44. The molecule has 2 rings (SSSR count). The molecule has 104 valence electrons. The third-order valence-corrected chi connectivity index (χ3v) is 5.22. The van der Waals surface area contributed by atoms with Gasteiger partial charge in [0.15, 0.2) is 0 Å². The molecule has 0 spiro atoms. The Morgan fingerprint density at radius 3 is 2.53 bits per heavy atom. The van der Waals surface area contributed by atoms with Gasteiger partial charge < -0.3 is 5.73 Å². The highest BCUT2D eigenvalue weighted by atomic mass is 32.2. The van der Waals surface area contributed by atoms with E-state index in [1.54, 1.807) is 0 Å². The molecule has 1 saturated heterocycles. The first kappa shape index (κ1) is 13.9. The molecule has 1 aromatic rings. The average molecular weight is 285 g/mol. The highest BCUT2D eigenvalue weighted by molar-refractivity contribution is 7.89. The van der Waals surface area contributed by atoms with Crippen LogP contribution in [0.5, 0.6) is 0 Å². The molecule has 1 aliphatic heterocycles. The minimum Gasteiger partial charge on any atom is -0.329 e. The number of nitrogens with two attached hydrogens (primary N) is 1. The number of hydrogen-bond donors (Lipinski definition) is 1. The molecule has 0 aromatic heterocycles. The van der Waals surface area contributed by atoms with E-state index in [9.17, 15) is 18.5 Å². The van der Waals surface area contributed by atoms with Crippen LogP contribution >= 0.6 is 0 Å². The number of benzene rings is 1. The Labute approximate surface area is 111 Å². The maximum absolute atomic E-state index is 12.4. The summed E-state index contributed by atoms with van der Waals surface area (Å²) in [6.07, 6.45) is 1.54. The number of non-ortho nitro benzene ring substituents is 1. The maximum atomic E-state index is 12.4. The number of nitro groups is 1. The lowest BCUT2D eigenvalue weighted by Crippen LogP contribution is -2.39. The number of sulfonamides is 1. The minimum atomic E-state index is -3.61. The lowest BCUT2D eigenvalue weighted by molar-refractivity contribution is -0.384. The van der Waals surface area contributed by atoms with Gasteiger partial charge in [0.05, 0.1) is 9.82 Å². The number of hydrogen-bond acceptors (Lipinski definition) is 5. The average Bonchev–Trinajstić information content (AvgIpc) is 2.87. The number of rotatable bonds is 4. The van der Waals surface area contributed by atoms with E-state index in [-0.39, 0.29) is 23.2 Å². The van der Waals surface area contributed by atoms with Gasteiger partial charge in [-0.15, -0.1) is 0 Å². The van der Waals surface area contributed by atoms with Gasteiger partial charge in [0.1, 0.15) is 0 Å². The lowest BCUT2D eigenvalue weighted by Gasteiger charge is -2.22. The van der Waals surface area contributed by atoms with Crippen molar-refractivity contribution in [3.05, 3.63) is 34.4 Å². The van der Waals surface area contributed by atoms with Crippen molar-refractivity contribution in [1.29, 1.82) is 0 Å². The summed E-state index contributed by atoms with van der Waals surface area (Å²) in [4.78, 5) is 10.1. The van der Waals surface area contributed by atoms with E-state index in [4.69, 9.17) is 5.73 Å². The third kappa shape index (κ3) is 2.60. The van der Waals surface area contributed by atoms with E-state index in [2.05, 4.69) is 0 Å². The SMILES string of the molecule is NC[C@@H]1CCCN1S(=O)(=O)c1ccc([N+](=O)[O-])cc1. The van der Waals surface area contributed by atoms with Gasteiger partial charge in [0.25, 0.3) is 5.69 Å². The zero-order valence-electron chi connectivity index (χ0n) is 10.2. The van der Waals surface area contributed by atoms with Crippen LogP contribution in [0.2, 0.25) is 0 Å². The van der Waals surface area contributed by atoms with Gasteiger partial charge in [-0.3, -0.25) is 10.1 Å². The summed E-state index contributed by atoms with van der Waals surface area (Å²) in [7, 11) is -3.61. The van der Waals surface area contributed by atoms with Crippen molar-refractivity contribution in [1.82, 2.24) is 4.31 Å². The van der Waals surface area contributed by atoms with Gasteiger partial charge >= 0.3 is 0 Å².